The second-order valence-corrected chi connectivity index (χ2v) is 22.8. The van der Waals surface area contributed by atoms with Crippen LogP contribution in [-0.4, -0.2) is 174 Å². The molecule has 3 aromatic rings. The highest BCUT2D eigenvalue weighted by Gasteiger charge is 2.38. The normalized spacial score (nSPS) is 22.4. The Balaban J connectivity index is 1.68. The van der Waals surface area contributed by atoms with Crippen molar-refractivity contribution >= 4 is 76.2 Å². The number of amides is 8. The van der Waals surface area contributed by atoms with Gasteiger partial charge in [0.2, 0.25) is 47.3 Å². The van der Waals surface area contributed by atoms with Crippen LogP contribution in [0.1, 0.15) is 101 Å². The number of ketones is 3. The fourth-order valence-electron chi connectivity index (χ4n) is 10.0. The van der Waals surface area contributed by atoms with Crippen LogP contribution in [0.2, 0.25) is 5.02 Å². The summed E-state index contributed by atoms with van der Waals surface area (Å²) < 4.78 is 0. The molecule has 488 valence electrons. The number of rotatable bonds is 26. The van der Waals surface area contributed by atoms with Gasteiger partial charge in [0.25, 0.3) is 0 Å². The number of aliphatic hydroxyl groups excluding tert-OH is 2. The maximum Gasteiger partial charge on any atom is 0.245 e. The van der Waals surface area contributed by atoms with Crippen LogP contribution in [-0.2, 0) is 54.4 Å². The number of hydrogen-bond acceptors (Lipinski definition) is 19. The van der Waals surface area contributed by atoms with Gasteiger partial charge < -0.3 is 81.4 Å². The minimum atomic E-state index is -1.69. The Kier molecular flexibility index (Phi) is 31.0. The number of hydrogen-bond donors (Lipinski definition) is 15. The summed E-state index contributed by atoms with van der Waals surface area (Å²) in [4.78, 5) is 160. The first-order valence-corrected chi connectivity index (χ1v) is 30.4. The van der Waals surface area contributed by atoms with Gasteiger partial charge in [-0.3, -0.25) is 57.7 Å². The van der Waals surface area contributed by atoms with Crippen molar-refractivity contribution in [1.29, 1.82) is 0 Å². The van der Waals surface area contributed by atoms with E-state index in [9.17, 15) is 63.0 Å². The van der Waals surface area contributed by atoms with Crippen molar-refractivity contribution in [2.24, 2.45) is 52.3 Å². The highest BCUT2D eigenvalue weighted by atomic mass is 35.5. The van der Waals surface area contributed by atoms with E-state index in [0.717, 1.165) is 0 Å². The molecule has 1 aromatic heterocycles. The van der Waals surface area contributed by atoms with E-state index in [0.29, 0.717) is 28.3 Å². The minimum absolute atomic E-state index is 0.000873. The predicted molar refractivity (Wildman–Crippen MR) is 331 cm³/mol. The van der Waals surface area contributed by atoms with Crippen molar-refractivity contribution in [2.45, 2.75) is 146 Å². The van der Waals surface area contributed by atoms with Crippen LogP contribution in [0.3, 0.4) is 0 Å². The van der Waals surface area contributed by atoms with E-state index in [2.05, 4.69) is 47.5 Å². The molecule has 0 radical (unpaired) electrons. The van der Waals surface area contributed by atoms with Gasteiger partial charge in [0.1, 0.15) is 36.3 Å². The summed E-state index contributed by atoms with van der Waals surface area (Å²) in [6, 6.07) is 8.03. The van der Waals surface area contributed by atoms with E-state index in [1.54, 1.807) is 74.5 Å². The van der Waals surface area contributed by atoms with E-state index in [4.69, 9.17) is 40.3 Å². The van der Waals surface area contributed by atoms with Crippen molar-refractivity contribution in [3.05, 3.63) is 89.1 Å². The lowest BCUT2D eigenvalue weighted by molar-refractivity contribution is -0.137. The van der Waals surface area contributed by atoms with E-state index >= 15 is 0 Å². The summed E-state index contributed by atoms with van der Waals surface area (Å²) in [5.74, 6) is -13.1. The summed E-state index contributed by atoms with van der Waals surface area (Å²) in [6.07, 6.45) is -3.77. The van der Waals surface area contributed by atoms with Gasteiger partial charge in [0.05, 0.1) is 29.9 Å². The second-order valence-electron chi connectivity index (χ2n) is 22.4. The third-order valence-corrected chi connectivity index (χ3v) is 15.8. The first-order chi connectivity index (χ1) is 42.4. The lowest BCUT2D eigenvalue weighted by atomic mass is 9.84. The Morgan fingerprint density at radius 2 is 1.27 bits per heavy atom. The summed E-state index contributed by atoms with van der Waals surface area (Å²) in [5.41, 5.74) is 31.6. The Morgan fingerprint density at radius 3 is 1.83 bits per heavy atom. The Bertz CT molecular complexity index is 2900. The molecule has 0 aliphatic carbocycles. The van der Waals surface area contributed by atoms with Crippen molar-refractivity contribution in [3.63, 3.8) is 0 Å². The number of nitrogens with one attached hydrogen (secondary N) is 8. The molecule has 1 aliphatic heterocycles. The van der Waals surface area contributed by atoms with E-state index < -0.39 is 175 Å². The standard InChI is InChI=1S/C61H89ClN14O13/c1-5-33(2)42-31-50(80)48(26-36-10-7-6-8-11-36)74-58(86)44(16-22-65)72-59(87)46(19-25-69-61(89)53(35(4)78)76-60(88)45(17-23-66)73-57(85)43(15-21-64)71-56(42)84)70-55(83)40(32-67)30-51(81)52(34(3)77)75-54(82)39(14-20-63)29-49(79)38-18-24-68-47(28-38)37-12-9-13-41(62)27-37/h6-13,18,24,27-28,33-35,39-40,42-46,48,52-53,77-78H,5,14-17,19-23,25-26,29-32,63-67H2,1-4H3,(H,69,89)(H,70,83)(H,71,84)(H,72,87)(H,73,85)(H,74,86)(H,75,82)(H,76,88)/t33-,34+,35+,39+,40-,42-,43-,44-,45-,46-,48+,52-,53-/m0/s1. The van der Waals surface area contributed by atoms with Crippen molar-refractivity contribution in [2.75, 3.05) is 39.3 Å². The van der Waals surface area contributed by atoms with Crippen molar-refractivity contribution in [3.8, 4) is 11.3 Å². The van der Waals surface area contributed by atoms with E-state index in [1.165, 1.54) is 26.1 Å². The Hall–Kier alpha value is -7.63. The molecule has 28 heteroatoms. The van der Waals surface area contributed by atoms with Crippen LogP contribution >= 0.6 is 11.6 Å². The molecule has 1 fully saturated rings. The van der Waals surface area contributed by atoms with Crippen LogP contribution in [0.25, 0.3) is 11.3 Å². The van der Waals surface area contributed by atoms with Gasteiger partial charge >= 0.3 is 0 Å². The smallest absolute Gasteiger partial charge is 0.245 e. The molecule has 0 spiro atoms. The number of nitrogens with zero attached hydrogens (tertiary/aromatic N) is 1. The molecular weight excluding hydrogens is 1170 g/mol. The van der Waals surface area contributed by atoms with Gasteiger partial charge in [-0.15, -0.1) is 0 Å². The Morgan fingerprint density at radius 1 is 0.674 bits per heavy atom. The van der Waals surface area contributed by atoms with Gasteiger partial charge in [-0.2, -0.15) is 0 Å². The summed E-state index contributed by atoms with van der Waals surface area (Å²) >= 11 is 6.18. The van der Waals surface area contributed by atoms with Crippen molar-refractivity contribution in [1.82, 2.24) is 47.5 Å². The molecule has 89 heavy (non-hydrogen) atoms. The topological polar surface area (TPSA) is 467 Å². The lowest BCUT2D eigenvalue weighted by Gasteiger charge is -2.29. The van der Waals surface area contributed by atoms with Crippen LogP contribution in [0.15, 0.2) is 72.9 Å². The molecule has 0 saturated carbocycles. The number of aliphatic hydroxyl groups is 2. The van der Waals surface area contributed by atoms with Crippen LogP contribution < -0.4 is 71.2 Å². The fourth-order valence-corrected chi connectivity index (χ4v) is 10.2. The number of nitrogens with two attached hydrogens (primary N) is 5. The number of pyridine rings is 1. The summed E-state index contributed by atoms with van der Waals surface area (Å²) in [6.45, 7) is 4.52. The highest BCUT2D eigenvalue weighted by molar-refractivity contribution is 6.30. The third-order valence-electron chi connectivity index (χ3n) is 15.5. The van der Waals surface area contributed by atoms with Gasteiger partial charge in [0, 0.05) is 66.5 Å². The highest BCUT2D eigenvalue weighted by Crippen LogP contribution is 2.25. The molecular formula is C61H89ClN14O13. The molecule has 8 amide bonds. The van der Waals surface area contributed by atoms with Crippen molar-refractivity contribution < 1.29 is 63.0 Å². The average Bonchev–Trinajstić information content (AvgIpc) is 2.30. The number of halogens is 1. The Labute approximate surface area is 523 Å². The number of Topliss-reactive ketones (excluding diaryl/α,β-unsaturated/α-hetero) is 3. The van der Waals surface area contributed by atoms with Gasteiger partial charge in [-0.25, -0.2) is 0 Å². The summed E-state index contributed by atoms with van der Waals surface area (Å²) in [7, 11) is 0. The zero-order valence-corrected chi connectivity index (χ0v) is 51.6. The quantitative estimate of drug-likeness (QED) is 0.0389. The number of carbonyl (C=O) groups is 11. The molecule has 13 atom stereocenters. The first-order valence-electron chi connectivity index (χ1n) is 30.0. The molecule has 20 N–H and O–H groups in total. The van der Waals surface area contributed by atoms with Crippen LogP contribution in [0.5, 0.6) is 0 Å². The van der Waals surface area contributed by atoms with E-state index in [1.807, 2.05) is 0 Å². The van der Waals surface area contributed by atoms with Crippen LogP contribution in [0, 0.1) is 23.7 Å². The molecule has 0 unspecified atom stereocenters. The zero-order chi connectivity index (χ0) is 65.9. The molecule has 0 bridgehead atoms. The molecule has 2 aromatic carbocycles. The van der Waals surface area contributed by atoms with Gasteiger partial charge in [-0.1, -0.05) is 74.3 Å². The number of benzene rings is 2. The lowest BCUT2D eigenvalue weighted by Crippen LogP contribution is -2.60. The molecule has 1 saturated heterocycles. The number of aromatic nitrogens is 1. The second kappa shape index (κ2) is 37.4. The maximum atomic E-state index is 14.6. The largest absolute Gasteiger partial charge is 0.391 e. The molecule has 1 aliphatic rings. The number of carbonyl (C=O) groups excluding carboxylic acids is 11. The summed E-state index contributed by atoms with van der Waals surface area (Å²) in [5, 5.41) is 42.7. The SMILES string of the molecule is CC[C@H](C)[C@@H]1CC(=O)[C@@H](Cc2ccccc2)NC(=O)[C@H](CCN)NC(=O)[C@@H](NC(=O)[C@H](CN)CC(=O)[C@@H](NC(=O)[C@H](CCN)CC(=O)c2ccnc(-c3cccc(Cl)c3)c2)[C@@H](C)O)CCNC(=O)[C@H]([C@@H](C)O)NC(=O)[C@H](CCN)NC(=O)[C@H](CCN)NC1=O. The fraction of sp³-hybridized carbons (Fsp3) is 0.541. The third kappa shape index (κ3) is 23.0. The maximum absolute atomic E-state index is 14.6. The van der Waals surface area contributed by atoms with Crippen LogP contribution in [0.4, 0.5) is 0 Å². The minimum Gasteiger partial charge on any atom is -0.391 e. The van der Waals surface area contributed by atoms with Gasteiger partial charge in [-0.05, 0) is 114 Å². The predicted octanol–water partition coefficient (Wildman–Crippen LogP) is -1.94. The van der Waals surface area contributed by atoms with Gasteiger partial charge in [0.15, 0.2) is 17.3 Å². The first kappa shape index (κ1) is 73.8. The molecule has 27 nitrogen and oxygen atoms in total. The average molecular weight is 1260 g/mol. The zero-order valence-electron chi connectivity index (χ0n) is 50.8. The molecule has 4 rings (SSSR count). The van der Waals surface area contributed by atoms with E-state index in [-0.39, 0.29) is 70.3 Å². The monoisotopic (exact) mass is 1260 g/mol. The molecule has 2 heterocycles.